The highest BCUT2D eigenvalue weighted by Gasteiger charge is 2.15. The molecule has 19 heavy (non-hydrogen) atoms. The third kappa shape index (κ3) is 3.08. The zero-order valence-corrected chi connectivity index (χ0v) is 10.6. The lowest BCUT2D eigenvalue weighted by atomic mass is 10.2. The van der Waals surface area contributed by atoms with E-state index in [2.05, 4.69) is 10.3 Å². The third-order valence-electron chi connectivity index (χ3n) is 2.32. The van der Waals surface area contributed by atoms with E-state index in [1.807, 2.05) is 0 Å². The van der Waals surface area contributed by atoms with Crippen LogP contribution < -0.4 is 5.32 Å². The molecule has 0 aliphatic rings. The molecule has 1 aromatic heterocycles. The van der Waals surface area contributed by atoms with E-state index in [0.717, 1.165) is 12.1 Å². The zero-order valence-electron chi connectivity index (χ0n) is 9.84. The predicted octanol–water partition coefficient (Wildman–Crippen LogP) is 2.84. The van der Waals surface area contributed by atoms with Gasteiger partial charge in [-0.05, 0) is 19.1 Å². The molecule has 0 bridgehead atoms. The van der Waals surface area contributed by atoms with Crippen LogP contribution in [0.1, 0.15) is 22.0 Å². The normalized spacial score (nSPS) is 10.5. The van der Waals surface area contributed by atoms with Crippen LogP contribution in [-0.2, 0) is 6.54 Å². The molecule has 0 saturated carbocycles. The molecule has 0 saturated heterocycles. The summed E-state index contributed by atoms with van der Waals surface area (Å²) in [6.45, 7) is 1.74. The second-order valence-electron chi connectivity index (χ2n) is 3.79. The Morgan fingerprint density at radius 1 is 1.42 bits per heavy atom. The van der Waals surface area contributed by atoms with Crippen LogP contribution in [0.5, 0.6) is 0 Å². The maximum Gasteiger partial charge on any atom is 0.253 e. The number of carbonyl (C=O) groups excluding carboxylic acids is 1. The summed E-state index contributed by atoms with van der Waals surface area (Å²) in [5.74, 6) is -1.97. The van der Waals surface area contributed by atoms with E-state index in [9.17, 15) is 13.6 Å². The smallest absolute Gasteiger partial charge is 0.253 e. The highest BCUT2D eigenvalue weighted by atomic mass is 35.5. The van der Waals surface area contributed by atoms with Gasteiger partial charge in [-0.1, -0.05) is 11.6 Å². The van der Waals surface area contributed by atoms with Crippen LogP contribution in [0, 0.1) is 18.6 Å². The molecule has 2 rings (SSSR count). The summed E-state index contributed by atoms with van der Waals surface area (Å²) < 4.78 is 31.1. The second kappa shape index (κ2) is 5.36. The fraction of sp³-hybridized carbons (Fsp3) is 0.167. The highest BCUT2D eigenvalue weighted by molar-refractivity contribution is 6.33. The molecule has 1 amide bonds. The number of benzene rings is 1. The molecule has 0 aliphatic carbocycles. The Morgan fingerprint density at radius 3 is 2.74 bits per heavy atom. The Balaban J connectivity index is 2.10. The van der Waals surface area contributed by atoms with Gasteiger partial charge in [-0.3, -0.25) is 4.79 Å². The Morgan fingerprint density at radius 2 is 2.11 bits per heavy atom. The first-order valence-corrected chi connectivity index (χ1v) is 5.69. The average Bonchev–Trinajstić information content (AvgIpc) is 2.77. The van der Waals surface area contributed by atoms with Crippen LogP contribution in [-0.4, -0.2) is 10.9 Å². The van der Waals surface area contributed by atoms with Crippen molar-refractivity contribution in [1.82, 2.24) is 10.3 Å². The SMILES string of the molecule is Cc1cnc(CNC(=O)c2cc(F)c(F)cc2Cl)o1. The first-order chi connectivity index (χ1) is 8.97. The molecule has 7 heteroatoms. The number of nitrogens with zero attached hydrogens (tertiary/aromatic N) is 1. The Bertz CT molecular complexity index is 628. The molecule has 1 aromatic carbocycles. The van der Waals surface area contributed by atoms with Crippen molar-refractivity contribution in [3.05, 3.63) is 52.2 Å². The van der Waals surface area contributed by atoms with Crippen LogP contribution in [0.25, 0.3) is 0 Å². The zero-order chi connectivity index (χ0) is 14.0. The van der Waals surface area contributed by atoms with Crippen LogP contribution in [0.3, 0.4) is 0 Å². The number of hydrogen-bond acceptors (Lipinski definition) is 3. The lowest BCUT2D eigenvalue weighted by molar-refractivity contribution is 0.0946. The molecular weight excluding hydrogens is 278 g/mol. The standard InChI is InChI=1S/C12H9ClF2N2O2/c1-6-4-16-11(19-6)5-17-12(18)7-2-9(14)10(15)3-8(7)13/h2-4H,5H2,1H3,(H,17,18). The number of oxazole rings is 1. The van der Waals surface area contributed by atoms with Crippen LogP contribution in [0.2, 0.25) is 5.02 Å². The molecule has 0 radical (unpaired) electrons. The first kappa shape index (κ1) is 13.5. The summed E-state index contributed by atoms with van der Waals surface area (Å²) in [5, 5.41) is 2.28. The number of aromatic nitrogens is 1. The van der Waals surface area contributed by atoms with Crippen molar-refractivity contribution in [2.24, 2.45) is 0 Å². The molecule has 0 aliphatic heterocycles. The number of aryl methyl sites for hydroxylation is 1. The van der Waals surface area contributed by atoms with Gasteiger partial charge in [0.05, 0.1) is 23.3 Å². The molecule has 2 aromatic rings. The molecule has 0 spiro atoms. The minimum atomic E-state index is -1.14. The maximum absolute atomic E-state index is 13.0. The quantitative estimate of drug-likeness (QED) is 0.883. The number of carbonyl (C=O) groups is 1. The maximum atomic E-state index is 13.0. The van der Waals surface area contributed by atoms with E-state index in [4.69, 9.17) is 16.0 Å². The van der Waals surface area contributed by atoms with Crippen molar-refractivity contribution in [1.29, 1.82) is 0 Å². The van der Waals surface area contributed by atoms with E-state index >= 15 is 0 Å². The predicted molar refractivity (Wildman–Crippen MR) is 63.8 cm³/mol. The van der Waals surface area contributed by atoms with Gasteiger partial charge < -0.3 is 9.73 Å². The van der Waals surface area contributed by atoms with Crippen molar-refractivity contribution in [2.45, 2.75) is 13.5 Å². The third-order valence-corrected chi connectivity index (χ3v) is 2.64. The van der Waals surface area contributed by atoms with E-state index in [1.165, 1.54) is 6.20 Å². The minimum absolute atomic E-state index is 0.0298. The molecule has 4 nitrogen and oxygen atoms in total. The van der Waals surface area contributed by atoms with Gasteiger partial charge in [-0.15, -0.1) is 0 Å². The molecular formula is C12H9ClF2N2O2. The Labute approximate surface area is 112 Å². The first-order valence-electron chi connectivity index (χ1n) is 5.31. The number of hydrogen-bond donors (Lipinski definition) is 1. The van der Waals surface area contributed by atoms with Crippen LogP contribution >= 0.6 is 11.6 Å². The summed E-state index contributed by atoms with van der Waals surface area (Å²) in [6, 6.07) is 1.49. The van der Waals surface area contributed by atoms with Gasteiger partial charge >= 0.3 is 0 Å². The Hall–Kier alpha value is -1.95. The fourth-order valence-electron chi connectivity index (χ4n) is 1.43. The lowest BCUT2D eigenvalue weighted by Crippen LogP contribution is -2.23. The fourth-order valence-corrected chi connectivity index (χ4v) is 1.67. The minimum Gasteiger partial charge on any atom is -0.444 e. The van der Waals surface area contributed by atoms with Gasteiger partial charge in [0.1, 0.15) is 5.76 Å². The summed E-state index contributed by atoms with van der Waals surface area (Å²) >= 11 is 5.68. The van der Waals surface area contributed by atoms with Gasteiger partial charge in [-0.2, -0.15) is 0 Å². The monoisotopic (exact) mass is 286 g/mol. The molecule has 0 atom stereocenters. The van der Waals surface area contributed by atoms with Crippen LogP contribution in [0.15, 0.2) is 22.7 Å². The van der Waals surface area contributed by atoms with E-state index in [0.29, 0.717) is 11.7 Å². The summed E-state index contributed by atoms with van der Waals surface area (Å²) in [5.41, 5.74) is -0.149. The number of nitrogens with one attached hydrogen (secondary N) is 1. The topological polar surface area (TPSA) is 55.1 Å². The summed E-state index contributed by atoms with van der Waals surface area (Å²) in [6.07, 6.45) is 1.51. The summed E-state index contributed by atoms with van der Waals surface area (Å²) in [4.78, 5) is 15.6. The van der Waals surface area contributed by atoms with E-state index in [1.54, 1.807) is 6.92 Å². The molecule has 0 unspecified atom stereocenters. The van der Waals surface area contributed by atoms with Crippen molar-refractivity contribution < 1.29 is 18.0 Å². The molecule has 1 N–H and O–H groups in total. The number of rotatable bonds is 3. The van der Waals surface area contributed by atoms with Gasteiger partial charge in [0.2, 0.25) is 5.89 Å². The highest BCUT2D eigenvalue weighted by Crippen LogP contribution is 2.20. The van der Waals surface area contributed by atoms with Gasteiger partial charge in [0, 0.05) is 0 Å². The lowest BCUT2D eigenvalue weighted by Gasteiger charge is -2.05. The molecule has 0 fully saturated rings. The molecule has 1 heterocycles. The van der Waals surface area contributed by atoms with Crippen molar-refractivity contribution in [3.8, 4) is 0 Å². The number of amides is 1. The molecule has 100 valence electrons. The van der Waals surface area contributed by atoms with Crippen molar-refractivity contribution in [3.63, 3.8) is 0 Å². The van der Waals surface area contributed by atoms with E-state index in [-0.39, 0.29) is 17.1 Å². The Kier molecular flexibility index (Phi) is 3.80. The van der Waals surface area contributed by atoms with E-state index < -0.39 is 17.5 Å². The summed E-state index contributed by atoms with van der Waals surface area (Å²) in [7, 11) is 0. The van der Waals surface area contributed by atoms with Crippen molar-refractivity contribution >= 4 is 17.5 Å². The largest absolute Gasteiger partial charge is 0.444 e. The van der Waals surface area contributed by atoms with Crippen molar-refractivity contribution in [2.75, 3.05) is 0 Å². The average molecular weight is 287 g/mol. The van der Waals surface area contributed by atoms with Crippen LogP contribution in [0.4, 0.5) is 8.78 Å². The van der Waals surface area contributed by atoms with Gasteiger partial charge in [-0.25, -0.2) is 13.8 Å². The number of halogens is 3. The van der Waals surface area contributed by atoms with Gasteiger partial charge in [0.25, 0.3) is 5.91 Å². The second-order valence-corrected chi connectivity index (χ2v) is 4.20. The van der Waals surface area contributed by atoms with Gasteiger partial charge in [0.15, 0.2) is 11.6 Å².